The fourth-order valence-corrected chi connectivity index (χ4v) is 5.81. The van der Waals surface area contributed by atoms with E-state index in [1.54, 1.807) is 29.2 Å². The largest absolute Gasteiger partial charge is 0.493 e. The van der Waals surface area contributed by atoms with E-state index in [1.807, 2.05) is 19.1 Å². The van der Waals surface area contributed by atoms with Crippen molar-refractivity contribution in [1.82, 2.24) is 20.5 Å². The van der Waals surface area contributed by atoms with Crippen LogP contribution < -0.4 is 15.4 Å². The van der Waals surface area contributed by atoms with Crippen molar-refractivity contribution in [2.45, 2.75) is 64.6 Å². The van der Waals surface area contributed by atoms with Gasteiger partial charge in [-0.25, -0.2) is 9.37 Å². The summed E-state index contributed by atoms with van der Waals surface area (Å²) < 4.78 is 26.2. The lowest BCUT2D eigenvalue weighted by Crippen LogP contribution is -2.48. The third kappa shape index (κ3) is 9.27. The number of aryl methyl sites for hydroxylation is 1. The lowest BCUT2D eigenvalue weighted by atomic mass is 9.99. The van der Waals surface area contributed by atoms with Crippen molar-refractivity contribution < 1.29 is 28.2 Å². The number of benzene rings is 3. The molecule has 0 saturated heterocycles. The Kier molecular flexibility index (Phi) is 11.8. The molecule has 3 N–H and O–H groups in total. The number of aromatic nitrogens is 1. The molecule has 10 heteroatoms. The van der Waals surface area contributed by atoms with E-state index in [2.05, 4.69) is 34.7 Å². The van der Waals surface area contributed by atoms with Gasteiger partial charge in [0, 0.05) is 48.9 Å². The van der Waals surface area contributed by atoms with Gasteiger partial charge in [-0.3, -0.25) is 9.59 Å². The molecule has 3 aromatic carbocycles. The maximum atomic E-state index is 14.8. The summed E-state index contributed by atoms with van der Waals surface area (Å²) in [5.41, 5.74) is 3.91. The number of carbonyl (C=O) groups is 2. The Morgan fingerprint density at radius 1 is 1.04 bits per heavy atom. The minimum atomic E-state index is -1.03. The van der Waals surface area contributed by atoms with Crippen LogP contribution in [0.1, 0.15) is 70.5 Å². The summed E-state index contributed by atoms with van der Waals surface area (Å²) in [6, 6.07) is 16.7. The van der Waals surface area contributed by atoms with E-state index >= 15 is 0 Å². The number of aliphatic hydroxyl groups excluding tert-OH is 1. The first kappa shape index (κ1) is 33.8. The highest BCUT2D eigenvalue weighted by Crippen LogP contribution is 2.24. The fraction of sp³-hybridized carbons (Fsp3) is 0.378. The van der Waals surface area contributed by atoms with Gasteiger partial charge in [-0.05, 0) is 79.1 Å². The molecule has 2 heterocycles. The van der Waals surface area contributed by atoms with Crippen molar-refractivity contribution in [3.63, 3.8) is 0 Å². The SMILES string of the molecule is CCCN1CCCCOc2cc(F)cc(c2)CC(C(O)CNCc2cccc(CC)c2)NC(=O)c2cc(cc(-c3ncco3)c2)C1=O. The van der Waals surface area contributed by atoms with E-state index in [-0.39, 0.29) is 30.3 Å². The maximum Gasteiger partial charge on any atom is 0.253 e. The number of aliphatic hydroxyl groups is 1. The molecule has 2 atom stereocenters. The Bertz CT molecular complexity index is 1640. The summed E-state index contributed by atoms with van der Waals surface area (Å²) in [5, 5.41) is 17.7. The highest BCUT2D eigenvalue weighted by molar-refractivity contribution is 6.01. The fourth-order valence-electron chi connectivity index (χ4n) is 5.81. The van der Waals surface area contributed by atoms with Crippen LogP contribution in [0.5, 0.6) is 5.75 Å². The van der Waals surface area contributed by atoms with Crippen molar-refractivity contribution in [3.05, 3.63) is 107 Å². The van der Waals surface area contributed by atoms with Gasteiger partial charge in [-0.2, -0.15) is 0 Å². The molecule has 5 rings (SSSR count). The smallest absolute Gasteiger partial charge is 0.253 e. The summed E-state index contributed by atoms with van der Waals surface area (Å²) in [6.07, 6.45) is 5.08. The number of rotatable bonds is 9. The molecule has 1 aliphatic heterocycles. The molecular weight excluding hydrogens is 599 g/mol. The summed E-state index contributed by atoms with van der Waals surface area (Å²) in [6.45, 7) is 6.20. The molecule has 4 bridgehead atoms. The number of ether oxygens (including phenoxy) is 1. The van der Waals surface area contributed by atoms with Crippen LogP contribution >= 0.6 is 0 Å². The van der Waals surface area contributed by atoms with Crippen LogP contribution in [0.4, 0.5) is 4.39 Å². The van der Waals surface area contributed by atoms with Crippen LogP contribution in [0.2, 0.25) is 0 Å². The number of fused-ring (bicyclic) bond motifs is 4. The quantitative estimate of drug-likeness (QED) is 0.219. The molecule has 4 aromatic rings. The predicted molar refractivity (Wildman–Crippen MR) is 178 cm³/mol. The number of halogens is 1. The van der Waals surface area contributed by atoms with Crippen molar-refractivity contribution in [2.75, 3.05) is 26.2 Å². The van der Waals surface area contributed by atoms with Crippen molar-refractivity contribution in [2.24, 2.45) is 0 Å². The van der Waals surface area contributed by atoms with E-state index in [1.165, 1.54) is 30.2 Å². The monoisotopic (exact) mass is 642 g/mol. The zero-order valence-electron chi connectivity index (χ0n) is 27.0. The van der Waals surface area contributed by atoms with Gasteiger partial charge in [0.2, 0.25) is 5.89 Å². The maximum absolute atomic E-state index is 14.8. The average Bonchev–Trinajstić information content (AvgIpc) is 3.62. The number of carbonyl (C=O) groups excluding carboxylic acids is 2. The van der Waals surface area contributed by atoms with E-state index in [0.29, 0.717) is 61.5 Å². The van der Waals surface area contributed by atoms with Gasteiger partial charge < -0.3 is 29.8 Å². The molecule has 248 valence electrons. The minimum Gasteiger partial charge on any atom is -0.493 e. The van der Waals surface area contributed by atoms with Crippen LogP contribution in [0.3, 0.4) is 0 Å². The molecule has 9 nitrogen and oxygen atoms in total. The highest BCUT2D eigenvalue weighted by atomic mass is 19.1. The standard InChI is InChI=1S/C37H43FN4O5/c1-3-11-42-12-5-6-13-46-32-17-27(16-31(38)22-32)18-33(34(43)24-39-23-26-9-7-8-25(4-2)15-26)41-35(44)28-19-29(36-40-10-14-47-36)21-30(20-28)37(42)45/h7-10,14-17,19-22,33-34,39,43H,3-6,11-13,18,23-24H2,1-2H3,(H,41,44). The second-order valence-electron chi connectivity index (χ2n) is 11.9. The van der Waals surface area contributed by atoms with Crippen molar-refractivity contribution in [1.29, 1.82) is 0 Å². The van der Waals surface area contributed by atoms with Crippen LogP contribution in [0, 0.1) is 5.82 Å². The van der Waals surface area contributed by atoms with Crippen LogP contribution in [0.25, 0.3) is 11.5 Å². The number of nitrogens with zero attached hydrogens (tertiary/aromatic N) is 2. The second-order valence-corrected chi connectivity index (χ2v) is 11.9. The van der Waals surface area contributed by atoms with Gasteiger partial charge in [-0.15, -0.1) is 0 Å². The van der Waals surface area contributed by atoms with Gasteiger partial charge in [0.1, 0.15) is 17.8 Å². The molecule has 0 fully saturated rings. The van der Waals surface area contributed by atoms with Crippen LogP contribution in [-0.4, -0.2) is 65.2 Å². The Labute approximate surface area is 275 Å². The van der Waals surface area contributed by atoms with Crippen LogP contribution in [0.15, 0.2) is 77.5 Å². The average molecular weight is 643 g/mol. The summed E-state index contributed by atoms with van der Waals surface area (Å²) in [4.78, 5) is 33.7. The van der Waals surface area contributed by atoms with E-state index in [4.69, 9.17) is 9.15 Å². The number of amides is 2. The van der Waals surface area contributed by atoms with E-state index in [0.717, 1.165) is 18.4 Å². The van der Waals surface area contributed by atoms with Gasteiger partial charge in [-0.1, -0.05) is 38.1 Å². The van der Waals surface area contributed by atoms with Crippen molar-refractivity contribution >= 4 is 11.8 Å². The Hall–Kier alpha value is -4.54. The number of oxazole rings is 1. The minimum absolute atomic E-state index is 0.142. The first-order valence-electron chi connectivity index (χ1n) is 16.4. The topological polar surface area (TPSA) is 117 Å². The molecule has 1 aromatic heterocycles. The van der Waals surface area contributed by atoms with Gasteiger partial charge in [0.25, 0.3) is 11.8 Å². The summed E-state index contributed by atoms with van der Waals surface area (Å²) >= 11 is 0. The Morgan fingerprint density at radius 3 is 2.64 bits per heavy atom. The lowest BCUT2D eigenvalue weighted by molar-refractivity contribution is 0.0750. The molecule has 0 saturated carbocycles. The molecule has 1 aliphatic rings. The Balaban J connectivity index is 1.47. The normalized spacial score (nSPS) is 16.7. The molecule has 0 spiro atoms. The van der Waals surface area contributed by atoms with Crippen molar-refractivity contribution in [3.8, 4) is 17.2 Å². The van der Waals surface area contributed by atoms with Gasteiger partial charge in [0.05, 0.1) is 24.9 Å². The summed E-state index contributed by atoms with van der Waals surface area (Å²) in [7, 11) is 0. The first-order valence-corrected chi connectivity index (χ1v) is 16.4. The van der Waals surface area contributed by atoms with E-state index in [9.17, 15) is 19.1 Å². The molecule has 47 heavy (non-hydrogen) atoms. The summed E-state index contributed by atoms with van der Waals surface area (Å²) in [5.74, 6) is -0.514. The molecular formula is C37H43FN4O5. The molecule has 0 radical (unpaired) electrons. The predicted octanol–water partition coefficient (Wildman–Crippen LogP) is 5.56. The first-order chi connectivity index (χ1) is 22.8. The number of hydrogen-bond donors (Lipinski definition) is 3. The van der Waals surface area contributed by atoms with E-state index < -0.39 is 23.9 Å². The molecule has 0 aliphatic carbocycles. The highest BCUT2D eigenvalue weighted by Gasteiger charge is 2.25. The zero-order valence-corrected chi connectivity index (χ0v) is 27.0. The van der Waals surface area contributed by atoms with Crippen LogP contribution in [-0.2, 0) is 19.4 Å². The molecule has 2 amide bonds. The number of hydrogen-bond acceptors (Lipinski definition) is 7. The van der Waals surface area contributed by atoms with Gasteiger partial charge in [0.15, 0.2) is 0 Å². The second kappa shape index (κ2) is 16.3. The zero-order chi connectivity index (χ0) is 33.2. The third-order valence-electron chi connectivity index (χ3n) is 8.24. The number of nitrogens with one attached hydrogen (secondary N) is 2. The molecule has 2 unspecified atom stereocenters. The Morgan fingerprint density at radius 2 is 1.85 bits per heavy atom. The van der Waals surface area contributed by atoms with Gasteiger partial charge >= 0.3 is 0 Å². The lowest BCUT2D eigenvalue weighted by Gasteiger charge is -2.25. The third-order valence-corrected chi connectivity index (χ3v) is 8.24.